The van der Waals surface area contributed by atoms with Crippen LogP contribution in [0, 0.1) is 0 Å². The van der Waals surface area contributed by atoms with E-state index in [0.717, 1.165) is 26.8 Å². The summed E-state index contributed by atoms with van der Waals surface area (Å²) in [7, 11) is 0. The molecule has 3 aromatic rings. The second kappa shape index (κ2) is 5.61. The molecule has 0 saturated heterocycles. The molecule has 0 N–H and O–H groups in total. The number of aromatic nitrogens is 2. The van der Waals surface area contributed by atoms with Crippen LogP contribution in [0.3, 0.4) is 0 Å². The summed E-state index contributed by atoms with van der Waals surface area (Å²) in [4.78, 5) is 9.98. The maximum absolute atomic E-state index is 4.46. The molecular formula is C14H11BrN2S2. The fraction of sp³-hybridized carbons (Fsp3) is 0.143. The molecule has 2 aromatic heterocycles. The minimum atomic E-state index is 0.978. The SMILES string of the molecule is CCSc1ccc(-c2ncnc3ccc(Br)cc23)s1. The number of hydrogen-bond donors (Lipinski definition) is 0. The van der Waals surface area contributed by atoms with Gasteiger partial charge in [-0.25, -0.2) is 9.97 Å². The van der Waals surface area contributed by atoms with E-state index in [1.807, 2.05) is 23.9 Å². The van der Waals surface area contributed by atoms with E-state index in [4.69, 9.17) is 0 Å². The van der Waals surface area contributed by atoms with Crippen molar-refractivity contribution in [2.75, 3.05) is 5.75 Å². The lowest BCUT2D eigenvalue weighted by Crippen LogP contribution is -1.86. The van der Waals surface area contributed by atoms with Gasteiger partial charge in [-0.1, -0.05) is 22.9 Å². The van der Waals surface area contributed by atoms with Gasteiger partial charge in [-0.2, -0.15) is 0 Å². The van der Waals surface area contributed by atoms with Crippen molar-refractivity contribution in [2.45, 2.75) is 11.1 Å². The Hall–Kier alpha value is -0.910. The van der Waals surface area contributed by atoms with E-state index in [-0.39, 0.29) is 0 Å². The second-order valence-electron chi connectivity index (χ2n) is 3.94. The summed E-state index contributed by atoms with van der Waals surface area (Å²) >= 11 is 7.17. The quantitative estimate of drug-likeness (QED) is 0.604. The molecule has 0 atom stereocenters. The Bertz CT molecular complexity index is 724. The zero-order valence-electron chi connectivity index (χ0n) is 10.3. The van der Waals surface area contributed by atoms with E-state index in [0.29, 0.717) is 0 Å². The summed E-state index contributed by atoms with van der Waals surface area (Å²) in [6, 6.07) is 10.4. The van der Waals surface area contributed by atoms with Crippen LogP contribution in [0.25, 0.3) is 21.5 Å². The van der Waals surface area contributed by atoms with Gasteiger partial charge in [0, 0.05) is 9.86 Å². The molecule has 0 aliphatic heterocycles. The number of fused-ring (bicyclic) bond motifs is 1. The second-order valence-corrected chi connectivity index (χ2v) is 7.50. The van der Waals surface area contributed by atoms with Crippen LogP contribution >= 0.6 is 39.0 Å². The predicted octanol–water partition coefficient (Wildman–Crippen LogP) is 5.23. The third kappa shape index (κ3) is 2.68. The Morgan fingerprint density at radius 1 is 1.21 bits per heavy atom. The van der Waals surface area contributed by atoms with Crippen LogP contribution in [0.1, 0.15) is 6.92 Å². The standard InChI is InChI=1S/C14H11BrN2S2/c1-2-18-13-6-5-12(19-13)14-10-7-9(15)3-4-11(10)16-8-17-14/h3-8H,2H2,1H3. The molecule has 1 aromatic carbocycles. The normalized spacial score (nSPS) is 11.1. The molecule has 96 valence electrons. The van der Waals surface area contributed by atoms with Crippen LogP contribution in [-0.2, 0) is 0 Å². The third-order valence-electron chi connectivity index (χ3n) is 2.70. The summed E-state index contributed by atoms with van der Waals surface area (Å²) in [6.07, 6.45) is 1.64. The monoisotopic (exact) mass is 350 g/mol. The zero-order valence-corrected chi connectivity index (χ0v) is 13.5. The summed E-state index contributed by atoms with van der Waals surface area (Å²) < 4.78 is 2.38. The summed E-state index contributed by atoms with van der Waals surface area (Å²) in [5.41, 5.74) is 1.99. The first kappa shape index (κ1) is 13.1. The number of thiophene rings is 1. The molecule has 2 heterocycles. The van der Waals surface area contributed by atoms with Gasteiger partial charge in [0.1, 0.15) is 6.33 Å². The smallest absolute Gasteiger partial charge is 0.116 e. The highest BCUT2D eigenvalue weighted by Crippen LogP contribution is 2.36. The average Bonchev–Trinajstić information content (AvgIpc) is 2.87. The number of halogens is 1. The lowest BCUT2D eigenvalue weighted by atomic mass is 10.1. The minimum absolute atomic E-state index is 0.978. The lowest BCUT2D eigenvalue weighted by molar-refractivity contribution is 1.23. The minimum Gasteiger partial charge on any atom is -0.236 e. The number of nitrogens with zero attached hydrogens (tertiary/aromatic N) is 2. The molecule has 5 heteroatoms. The first-order valence-electron chi connectivity index (χ1n) is 5.91. The molecule has 3 rings (SSSR count). The highest BCUT2D eigenvalue weighted by Gasteiger charge is 2.09. The van der Waals surface area contributed by atoms with Crippen molar-refractivity contribution in [2.24, 2.45) is 0 Å². The molecule has 0 radical (unpaired) electrons. The van der Waals surface area contributed by atoms with E-state index < -0.39 is 0 Å². The molecule has 0 bridgehead atoms. The van der Waals surface area contributed by atoms with Gasteiger partial charge >= 0.3 is 0 Å². The Kier molecular flexibility index (Phi) is 3.86. The van der Waals surface area contributed by atoms with E-state index in [9.17, 15) is 0 Å². The van der Waals surface area contributed by atoms with Gasteiger partial charge in [-0.3, -0.25) is 0 Å². The summed E-state index contributed by atoms with van der Waals surface area (Å²) in [5.74, 6) is 1.09. The van der Waals surface area contributed by atoms with Gasteiger partial charge in [0.2, 0.25) is 0 Å². The number of rotatable bonds is 3. The van der Waals surface area contributed by atoms with E-state index in [1.165, 1.54) is 9.09 Å². The van der Waals surface area contributed by atoms with Crippen LogP contribution < -0.4 is 0 Å². The highest BCUT2D eigenvalue weighted by atomic mass is 79.9. The predicted molar refractivity (Wildman–Crippen MR) is 86.9 cm³/mol. The Morgan fingerprint density at radius 3 is 2.95 bits per heavy atom. The maximum atomic E-state index is 4.46. The van der Waals surface area contributed by atoms with Crippen molar-refractivity contribution in [1.29, 1.82) is 0 Å². The van der Waals surface area contributed by atoms with Crippen LogP contribution in [0.4, 0.5) is 0 Å². The molecule has 0 saturated carbocycles. The molecule has 0 unspecified atom stereocenters. The van der Waals surface area contributed by atoms with Crippen molar-refractivity contribution in [3.8, 4) is 10.6 Å². The van der Waals surface area contributed by atoms with E-state index in [2.05, 4.69) is 51.0 Å². The highest BCUT2D eigenvalue weighted by molar-refractivity contribution is 9.10. The zero-order chi connectivity index (χ0) is 13.2. The fourth-order valence-electron chi connectivity index (χ4n) is 1.89. The summed E-state index contributed by atoms with van der Waals surface area (Å²) in [5, 5.41) is 1.09. The van der Waals surface area contributed by atoms with Crippen molar-refractivity contribution in [3.63, 3.8) is 0 Å². The Labute approximate surface area is 128 Å². The van der Waals surface area contributed by atoms with Crippen molar-refractivity contribution in [3.05, 3.63) is 41.1 Å². The Balaban J connectivity index is 2.15. The van der Waals surface area contributed by atoms with Gasteiger partial charge < -0.3 is 0 Å². The largest absolute Gasteiger partial charge is 0.236 e. The van der Waals surface area contributed by atoms with E-state index >= 15 is 0 Å². The molecule has 0 amide bonds. The van der Waals surface area contributed by atoms with Crippen molar-refractivity contribution in [1.82, 2.24) is 9.97 Å². The lowest BCUT2D eigenvalue weighted by Gasteiger charge is -2.03. The molecular weight excluding hydrogens is 340 g/mol. The van der Waals surface area contributed by atoms with Crippen LogP contribution in [0.2, 0.25) is 0 Å². The van der Waals surface area contributed by atoms with Crippen molar-refractivity contribution >= 4 is 49.9 Å². The van der Waals surface area contributed by atoms with Crippen LogP contribution in [-0.4, -0.2) is 15.7 Å². The summed E-state index contributed by atoms with van der Waals surface area (Å²) in [6.45, 7) is 2.17. The van der Waals surface area contributed by atoms with Crippen molar-refractivity contribution < 1.29 is 0 Å². The molecule has 0 fully saturated rings. The van der Waals surface area contributed by atoms with Gasteiger partial charge in [-0.15, -0.1) is 23.1 Å². The molecule has 0 aliphatic carbocycles. The first-order valence-corrected chi connectivity index (χ1v) is 8.50. The van der Waals surface area contributed by atoms with E-state index in [1.54, 1.807) is 17.7 Å². The molecule has 0 spiro atoms. The van der Waals surface area contributed by atoms with Gasteiger partial charge in [-0.05, 0) is 36.1 Å². The average molecular weight is 351 g/mol. The number of thioether (sulfide) groups is 1. The molecule has 19 heavy (non-hydrogen) atoms. The molecule has 0 aliphatic rings. The maximum Gasteiger partial charge on any atom is 0.116 e. The van der Waals surface area contributed by atoms with Crippen LogP contribution in [0.5, 0.6) is 0 Å². The van der Waals surface area contributed by atoms with Crippen LogP contribution in [0.15, 0.2) is 45.3 Å². The number of hydrogen-bond acceptors (Lipinski definition) is 4. The van der Waals surface area contributed by atoms with Gasteiger partial charge in [0.25, 0.3) is 0 Å². The Morgan fingerprint density at radius 2 is 2.11 bits per heavy atom. The van der Waals surface area contributed by atoms with Gasteiger partial charge in [0.05, 0.1) is 20.3 Å². The number of benzene rings is 1. The topological polar surface area (TPSA) is 25.8 Å². The van der Waals surface area contributed by atoms with Gasteiger partial charge in [0.15, 0.2) is 0 Å². The first-order chi connectivity index (χ1) is 9.28. The third-order valence-corrected chi connectivity index (χ3v) is 5.39. The fourth-order valence-corrected chi connectivity index (χ4v) is 4.31. The molecule has 2 nitrogen and oxygen atoms in total.